The zero-order valence-electron chi connectivity index (χ0n) is 17.4. The summed E-state index contributed by atoms with van der Waals surface area (Å²) < 4.78 is 7.66. The summed E-state index contributed by atoms with van der Waals surface area (Å²) in [7, 11) is 0. The van der Waals surface area contributed by atoms with Gasteiger partial charge in [-0.1, -0.05) is 42.0 Å². The van der Waals surface area contributed by atoms with Crippen LogP contribution in [0.25, 0.3) is 0 Å². The molecule has 2 heterocycles. The van der Waals surface area contributed by atoms with E-state index in [0.717, 1.165) is 11.3 Å². The van der Waals surface area contributed by atoms with Gasteiger partial charge >= 0.3 is 0 Å². The number of aryl methyl sites for hydroxylation is 2. The SMILES string of the molecule is Cc1cccc(Cn2nc(C)c(NC(=O)C3(C)Oc4ccccc4NC3=O)c2C)c1. The maximum Gasteiger partial charge on any atom is 0.278 e. The second-order valence-electron chi connectivity index (χ2n) is 7.73. The average molecular weight is 404 g/mol. The number of rotatable bonds is 4. The number of carbonyl (C=O) groups excluding carboxylic acids is 2. The predicted molar refractivity (Wildman–Crippen MR) is 115 cm³/mol. The molecule has 30 heavy (non-hydrogen) atoms. The first-order chi connectivity index (χ1) is 14.3. The van der Waals surface area contributed by atoms with Gasteiger partial charge in [-0.3, -0.25) is 14.3 Å². The van der Waals surface area contributed by atoms with E-state index in [0.29, 0.717) is 29.4 Å². The number of benzene rings is 2. The monoisotopic (exact) mass is 404 g/mol. The molecule has 1 aliphatic rings. The van der Waals surface area contributed by atoms with E-state index in [1.165, 1.54) is 12.5 Å². The number of aromatic nitrogens is 2. The van der Waals surface area contributed by atoms with E-state index in [2.05, 4.69) is 21.8 Å². The summed E-state index contributed by atoms with van der Waals surface area (Å²) in [6, 6.07) is 15.2. The molecule has 1 atom stereocenters. The Balaban J connectivity index is 1.58. The van der Waals surface area contributed by atoms with Gasteiger partial charge in [0.25, 0.3) is 17.4 Å². The molecule has 0 radical (unpaired) electrons. The van der Waals surface area contributed by atoms with Gasteiger partial charge < -0.3 is 15.4 Å². The van der Waals surface area contributed by atoms with Crippen molar-refractivity contribution in [3.8, 4) is 5.75 Å². The number of ether oxygens (including phenoxy) is 1. The molecule has 0 fully saturated rings. The molecule has 7 heteroatoms. The van der Waals surface area contributed by atoms with Crippen LogP contribution in [-0.2, 0) is 16.1 Å². The summed E-state index contributed by atoms with van der Waals surface area (Å²) >= 11 is 0. The molecule has 3 aromatic rings. The first kappa shape index (κ1) is 19.7. The van der Waals surface area contributed by atoms with Gasteiger partial charge in [0.2, 0.25) is 0 Å². The molecule has 1 unspecified atom stereocenters. The number of nitrogens with zero attached hydrogens (tertiary/aromatic N) is 2. The lowest BCUT2D eigenvalue weighted by atomic mass is 10.0. The number of hydrogen-bond donors (Lipinski definition) is 2. The van der Waals surface area contributed by atoms with Gasteiger partial charge in [-0.2, -0.15) is 5.10 Å². The van der Waals surface area contributed by atoms with Crippen LogP contribution in [0.1, 0.15) is 29.4 Å². The number of hydrogen-bond acceptors (Lipinski definition) is 4. The van der Waals surface area contributed by atoms with E-state index in [1.807, 2.05) is 43.7 Å². The Bertz CT molecular complexity index is 1150. The predicted octanol–water partition coefficient (Wildman–Crippen LogP) is 3.58. The number of carbonyl (C=O) groups is 2. The molecular weight excluding hydrogens is 380 g/mol. The zero-order chi connectivity index (χ0) is 21.5. The molecule has 1 aliphatic heterocycles. The van der Waals surface area contributed by atoms with Crippen LogP contribution in [0.5, 0.6) is 5.75 Å². The van der Waals surface area contributed by atoms with Crippen molar-refractivity contribution >= 4 is 23.2 Å². The lowest BCUT2D eigenvalue weighted by Crippen LogP contribution is -2.56. The Morgan fingerprint density at radius 1 is 1.17 bits per heavy atom. The molecule has 2 aromatic carbocycles. The third-order valence-corrected chi connectivity index (χ3v) is 5.35. The Labute approximate surface area is 175 Å². The first-order valence-electron chi connectivity index (χ1n) is 9.78. The maximum atomic E-state index is 13.1. The van der Waals surface area contributed by atoms with E-state index in [1.54, 1.807) is 24.3 Å². The number of nitrogens with one attached hydrogen (secondary N) is 2. The minimum absolute atomic E-state index is 0.457. The molecule has 0 bridgehead atoms. The summed E-state index contributed by atoms with van der Waals surface area (Å²) in [6.07, 6.45) is 0. The van der Waals surface area contributed by atoms with Crippen LogP contribution in [0, 0.1) is 20.8 Å². The highest BCUT2D eigenvalue weighted by atomic mass is 16.5. The molecule has 0 saturated carbocycles. The lowest BCUT2D eigenvalue weighted by Gasteiger charge is -2.33. The van der Waals surface area contributed by atoms with Crippen molar-refractivity contribution in [3.05, 3.63) is 71.0 Å². The first-order valence-corrected chi connectivity index (χ1v) is 9.78. The molecule has 7 nitrogen and oxygen atoms in total. The third-order valence-electron chi connectivity index (χ3n) is 5.35. The average Bonchev–Trinajstić information content (AvgIpc) is 2.96. The minimum Gasteiger partial charge on any atom is -0.466 e. The van der Waals surface area contributed by atoms with Crippen LogP contribution in [0.3, 0.4) is 0 Å². The van der Waals surface area contributed by atoms with E-state index >= 15 is 0 Å². The van der Waals surface area contributed by atoms with E-state index in [-0.39, 0.29) is 0 Å². The Hall–Kier alpha value is -3.61. The van der Waals surface area contributed by atoms with Gasteiger partial charge in [0.05, 0.1) is 29.3 Å². The van der Waals surface area contributed by atoms with Crippen LogP contribution in [0.2, 0.25) is 0 Å². The summed E-state index contributed by atoms with van der Waals surface area (Å²) in [6.45, 7) is 7.82. The Kier molecular flexibility index (Phi) is 4.81. The summed E-state index contributed by atoms with van der Waals surface area (Å²) in [5.41, 5.74) is 3.23. The van der Waals surface area contributed by atoms with Gasteiger partial charge in [-0.05, 0) is 45.4 Å². The molecule has 0 saturated heterocycles. The van der Waals surface area contributed by atoms with Crippen molar-refractivity contribution in [1.29, 1.82) is 0 Å². The van der Waals surface area contributed by atoms with Crippen LogP contribution in [0.15, 0.2) is 48.5 Å². The molecule has 1 aromatic heterocycles. The van der Waals surface area contributed by atoms with Crippen LogP contribution < -0.4 is 15.4 Å². The normalized spacial score (nSPS) is 17.7. The maximum absolute atomic E-state index is 13.1. The van der Waals surface area contributed by atoms with Crippen LogP contribution in [-0.4, -0.2) is 27.2 Å². The lowest BCUT2D eigenvalue weighted by molar-refractivity contribution is -0.143. The fourth-order valence-corrected chi connectivity index (χ4v) is 3.56. The van der Waals surface area contributed by atoms with Gasteiger partial charge in [0.1, 0.15) is 5.75 Å². The van der Waals surface area contributed by atoms with Crippen molar-refractivity contribution in [2.24, 2.45) is 0 Å². The molecule has 2 amide bonds. The summed E-state index contributed by atoms with van der Waals surface area (Å²) in [5, 5.41) is 10.2. The Morgan fingerprint density at radius 2 is 1.93 bits per heavy atom. The van der Waals surface area contributed by atoms with Crippen LogP contribution in [0.4, 0.5) is 11.4 Å². The number of fused-ring (bicyclic) bond motifs is 1. The number of anilines is 2. The van der Waals surface area contributed by atoms with Gasteiger partial charge in [-0.25, -0.2) is 0 Å². The fourth-order valence-electron chi connectivity index (χ4n) is 3.56. The van der Waals surface area contributed by atoms with Crippen molar-refractivity contribution in [3.63, 3.8) is 0 Å². The van der Waals surface area contributed by atoms with Crippen molar-refractivity contribution in [1.82, 2.24) is 9.78 Å². The third kappa shape index (κ3) is 3.43. The Morgan fingerprint density at radius 3 is 2.70 bits per heavy atom. The standard InChI is InChI=1S/C23H24N4O3/c1-14-8-7-9-17(12-14)13-27-16(3)20(15(2)26-27)25-22(29)23(4)21(28)24-18-10-5-6-11-19(18)30-23/h5-12H,13H2,1-4H3,(H,24,28)(H,25,29). The van der Waals surface area contributed by atoms with E-state index in [4.69, 9.17) is 4.74 Å². The van der Waals surface area contributed by atoms with Gasteiger partial charge in [0, 0.05) is 0 Å². The van der Waals surface area contributed by atoms with E-state index in [9.17, 15) is 9.59 Å². The molecule has 0 aliphatic carbocycles. The molecule has 2 N–H and O–H groups in total. The smallest absolute Gasteiger partial charge is 0.278 e. The second-order valence-corrected chi connectivity index (χ2v) is 7.73. The highest BCUT2D eigenvalue weighted by Crippen LogP contribution is 2.34. The fraction of sp³-hybridized carbons (Fsp3) is 0.261. The minimum atomic E-state index is -1.69. The van der Waals surface area contributed by atoms with Crippen LogP contribution >= 0.6 is 0 Å². The molecule has 154 valence electrons. The van der Waals surface area contributed by atoms with Crippen molar-refractivity contribution in [2.45, 2.75) is 39.8 Å². The number of amides is 2. The molecule has 0 spiro atoms. The van der Waals surface area contributed by atoms with Crippen molar-refractivity contribution in [2.75, 3.05) is 10.6 Å². The largest absolute Gasteiger partial charge is 0.466 e. The summed E-state index contributed by atoms with van der Waals surface area (Å²) in [5.74, 6) is -0.602. The molecule has 4 rings (SSSR count). The van der Waals surface area contributed by atoms with Gasteiger partial charge in [-0.15, -0.1) is 0 Å². The number of para-hydroxylation sites is 2. The van der Waals surface area contributed by atoms with Crippen molar-refractivity contribution < 1.29 is 14.3 Å². The highest BCUT2D eigenvalue weighted by molar-refractivity contribution is 6.19. The highest BCUT2D eigenvalue weighted by Gasteiger charge is 2.47. The quantitative estimate of drug-likeness (QED) is 0.651. The summed E-state index contributed by atoms with van der Waals surface area (Å²) in [4.78, 5) is 25.7. The second kappa shape index (κ2) is 7.33. The zero-order valence-corrected chi connectivity index (χ0v) is 17.4. The van der Waals surface area contributed by atoms with Gasteiger partial charge in [0.15, 0.2) is 0 Å². The van der Waals surface area contributed by atoms with E-state index < -0.39 is 17.4 Å². The topological polar surface area (TPSA) is 85.2 Å². The molecular formula is C23H24N4O3.